The van der Waals surface area contributed by atoms with E-state index in [2.05, 4.69) is 46.2 Å². The van der Waals surface area contributed by atoms with E-state index in [0.717, 1.165) is 60.7 Å². The maximum atomic E-state index is 13.0. The van der Waals surface area contributed by atoms with Gasteiger partial charge >= 0.3 is 0 Å². The number of benzene rings is 2. The van der Waals surface area contributed by atoms with E-state index in [4.69, 9.17) is 9.73 Å². The van der Waals surface area contributed by atoms with Crippen LogP contribution in [0, 0.1) is 0 Å². The summed E-state index contributed by atoms with van der Waals surface area (Å²) in [5.74, 6) is 0.0230. The van der Waals surface area contributed by atoms with Gasteiger partial charge in [-0.3, -0.25) is 9.69 Å². The molecule has 1 amide bonds. The summed E-state index contributed by atoms with van der Waals surface area (Å²) in [7, 11) is 0. The van der Waals surface area contributed by atoms with E-state index in [1.54, 1.807) is 4.90 Å². The molecular weight excluding hydrogens is 432 g/mol. The van der Waals surface area contributed by atoms with Crippen molar-refractivity contribution < 1.29 is 9.53 Å². The number of hydrogen-bond donors (Lipinski definition) is 0. The van der Waals surface area contributed by atoms with Crippen LogP contribution >= 0.6 is 11.8 Å². The van der Waals surface area contributed by atoms with Gasteiger partial charge in [-0.15, -0.1) is 0 Å². The number of nitrogens with zero attached hydrogens (tertiary/aromatic N) is 4. The average Bonchev–Trinajstić information content (AvgIpc) is 3.49. The highest BCUT2D eigenvalue weighted by Gasteiger charge is 2.32. The molecule has 2 aromatic carbocycles. The third-order valence-corrected chi connectivity index (χ3v) is 7.32. The Morgan fingerprint density at radius 1 is 0.909 bits per heavy atom. The van der Waals surface area contributed by atoms with Gasteiger partial charge in [0.2, 0.25) is 0 Å². The Morgan fingerprint density at radius 3 is 2.15 bits per heavy atom. The minimum Gasteiger partial charge on any atom is -0.378 e. The van der Waals surface area contributed by atoms with Crippen molar-refractivity contribution in [2.75, 3.05) is 55.7 Å². The maximum Gasteiger partial charge on any atom is 0.266 e. The van der Waals surface area contributed by atoms with E-state index >= 15 is 0 Å². The van der Waals surface area contributed by atoms with E-state index < -0.39 is 0 Å². The van der Waals surface area contributed by atoms with Crippen molar-refractivity contribution in [1.82, 2.24) is 4.90 Å². The van der Waals surface area contributed by atoms with E-state index in [0.29, 0.717) is 6.54 Å². The van der Waals surface area contributed by atoms with Crippen LogP contribution in [0.25, 0.3) is 6.08 Å². The fourth-order valence-corrected chi connectivity index (χ4v) is 5.51. The molecule has 33 heavy (non-hydrogen) atoms. The van der Waals surface area contributed by atoms with Crippen LogP contribution in [0.2, 0.25) is 0 Å². The van der Waals surface area contributed by atoms with E-state index in [9.17, 15) is 4.79 Å². The molecular formula is C26H30N4O2S. The monoisotopic (exact) mass is 462 g/mol. The van der Waals surface area contributed by atoms with Crippen LogP contribution in [-0.4, -0.2) is 61.9 Å². The number of likely N-dealkylation sites (N-methyl/N-ethyl adjacent to an activating group) is 1. The Balaban J connectivity index is 1.31. The first kappa shape index (κ1) is 22.0. The lowest BCUT2D eigenvalue weighted by atomic mass is 10.2. The molecule has 0 saturated carbocycles. The summed E-state index contributed by atoms with van der Waals surface area (Å²) < 4.78 is 5.44. The number of rotatable bonds is 5. The zero-order chi connectivity index (χ0) is 22.6. The summed E-state index contributed by atoms with van der Waals surface area (Å²) >= 11 is 1.45. The fraction of sp³-hybridized carbons (Fsp3) is 0.385. The molecule has 0 aromatic heterocycles. The second-order valence-electron chi connectivity index (χ2n) is 8.46. The summed E-state index contributed by atoms with van der Waals surface area (Å²) in [6, 6.07) is 16.8. The highest BCUT2D eigenvalue weighted by atomic mass is 32.2. The molecule has 0 atom stereocenters. The smallest absolute Gasteiger partial charge is 0.266 e. The lowest BCUT2D eigenvalue weighted by Gasteiger charge is -2.28. The van der Waals surface area contributed by atoms with Crippen LogP contribution in [0.5, 0.6) is 0 Å². The van der Waals surface area contributed by atoms with Crippen LogP contribution in [0.1, 0.15) is 25.3 Å². The first-order valence-corrected chi connectivity index (χ1v) is 12.6. The Labute approximate surface area is 199 Å². The number of aliphatic imine (C=N–C) groups is 1. The molecule has 3 fully saturated rings. The van der Waals surface area contributed by atoms with Crippen LogP contribution in [0.4, 0.5) is 17.1 Å². The summed E-state index contributed by atoms with van der Waals surface area (Å²) in [6.07, 6.45) is 4.51. The van der Waals surface area contributed by atoms with E-state index in [1.807, 2.05) is 25.1 Å². The van der Waals surface area contributed by atoms with Gasteiger partial charge in [-0.25, -0.2) is 4.99 Å². The quantitative estimate of drug-likeness (QED) is 0.601. The van der Waals surface area contributed by atoms with Crippen LogP contribution in [0.3, 0.4) is 0 Å². The minimum absolute atomic E-state index is 0.0230. The largest absolute Gasteiger partial charge is 0.378 e. The molecule has 0 bridgehead atoms. The van der Waals surface area contributed by atoms with Crippen molar-refractivity contribution in [3.05, 3.63) is 59.0 Å². The highest BCUT2D eigenvalue weighted by molar-refractivity contribution is 8.18. The molecule has 3 aliphatic rings. The molecule has 0 N–H and O–H groups in total. The van der Waals surface area contributed by atoms with Gasteiger partial charge in [0.15, 0.2) is 5.17 Å². The molecule has 3 heterocycles. The van der Waals surface area contributed by atoms with Gasteiger partial charge in [0, 0.05) is 44.1 Å². The topological polar surface area (TPSA) is 48.4 Å². The summed E-state index contributed by atoms with van der Waals surface area (Å²) in [6.45, 7) is 8.21. The van der Waals surface area contributed by atoms with Crippen LogP contribution in [-0.2, 0) is 9.53 Å². The minimum atomic E-state index is 0.0230. The zero-order valence-electron chi connectivity index (χ0n) is 19.1. The van der Waals surface area contributed by atoms with Crippen molar-refractivity contribution in [3.63, 3.8) is 0 Å². The normalized spacial score (nSPS) is 21.6. The summed E-state index contributed by atoms with van der Waals surface area (Å²) in [5, 5.41) is 0.738. The molecule has 5 rings (SSSR count). The Kier molecular flexibility index (Phi) is 6.69. The second-order valence-corrected chi connectivity index (χ2v) is 9.47. The van der Waals surface area contributed by atoms with Crippen molar-refractivity contribution in [2.24, 2.45) is 4.99 Å². The number of anilines is 2. The van der Waals surface area contributed by atoms with Gasteiger partial charge in [-0.05, 0) is 79.6 Å². The summed E-state index contributed by atoms with van der Waals surface area (Å²) in [5.41, 5.74) is 4.35. The maximum absolute atomic E-state index is 13.0. The van der Waals surface area contributed by atoms with Crippen molar-refractivity contribution in [2.45, 2.75) is 19.8 Å². The predicted octanol–water partition coefficient (Wildman–Crippen LogP) is 4.75. The lowest BCUT2D eigenvalue weighted by molar-refractivity contribution is -0.122. The molecule has 0 radical (unpaired) electrons. The number of amides is 1. The molecule has 0 spiro atoms. The SMILES string of the molecule is CCN1C(=O)/C(=C/c2ccc(N3CCCC3)cc2)SC1=Nc1ccc(N2CCOCC2)cc1. The van der Waals surface area contributed by atoms with Gasteiger partial charge in [-0.1, -0.05) is 12.1 Å². The number of amidine groups is 1. The lowest BCUT2D eigenvalue weighted by Crippen LogP contribution is -2.36. The molecule has 0 unspecified atom stereocenters. The molecule has 3 aliphatic heterocycles. The van der Waals surface area contributed by atoms with Gasteiger partial charge in [0.05, 0.1) is 23.8 Å². The highest BCUT2D eigenvalue weighted by Crippen LogP contribution is 2.34. The van der Waals surface area contributed by atoms with Gasteiger partial charge in [0.1, 0.15) is 0 Å². The first-order valence-electron chi connectivity index (χ1n) is 11.8. The third-order valence-electron chi connectivity index (χ3n) is 6.32. The van der Waals surface area contributed by atoms with Crippen molar-refractivity contribution >= 4 is 46.0 Å². The van der Waals surface area contributed by atoms with Crippen molar-refractivity contribution in [3.8, 4) is 0 Å². The number of ether oxygens (including phenoxy) is 1. The van der Waals surface area contributed by atoms with Crippen LogP contribution < -0.4 is 9.80 Å². The predicted molar refractivity (Wildman–Crippen MR) is 137 cm³/mol. The fourth-order valence-electron chi connectivity index (χ4n) is 4.45. The molecule has 6 nitrogen and oxygen atoms in total. The Hall–Kier alpha value is -2.77. The van der Waals surface area contributed by atoms with Gasteiger partial charge in [-0.2, -0.15) is 0 Å². The molecule has 7 heteroatoms. The number of hydrogen-bond acceptors (Lipinski definition) is 6. The number of morpholine rings is 1. The second kappa shape index (κ2) is 10.0. The van der Waals surface area contributed by atoms with E-state index in [1.165, 1.54) is 36.0 Å². The molecule has 2 aromatic rings. The zero-order valence-corrected chi connectivity index (χ0v) is 19.9. The third kappa shape index (κ3) is 4.94. The number of thioether (sulfide) groups is 1. The Morgan fingerprint density at radius 2 is 1.52 bits per heavy atom. The van der Waals surface area contributed by atoms with E-state index in [-0.39, 0.29) is 5.91 Å². The molecule has 0 aliphatic carbocycles. The van der Waals surface area contributed by atoms with Gasteiger partial charge in [0.25, 0.3) is 5.91 Å². The number of carbonyl (C=O) groups excluding carboxylic acids is 1. The average molecular weight is 463 g/mol. The molecule has 172 valence electrons. The Bertz CT molecular complexity index is 1040. The van der Waals surface area contributed by atoms with Crippen LogP contribution in [0.15, 0.2) is 58.4 Å². The molecule has 3 saturated heterocycles. The first-order chi connectivity index (χ1) is 16.2. The number of carbonyl (C=O) groups is 1. The van der Waals surface area contributed by atoms with Crippen molar-refractivity contribution in [1.29, 1.82) is 0 Å². The summed E-state index contributed by atoms with van der Waals surface area (Å²) in [4.78, 5) is 25.0. The standard InChI is InChI=1S/C26H30N4O2S/c1-2-30-25(31)24(19-20-5-9-22(10-6-20)28-13-3-4-14-28)33-26(30)27-21-7-11-23(12-8-21)29-15-17-32-18-16-29/h5-12,19H,2-4,13-18H2,1H3/b24-19-,27-26?. The van der Waals surface area contributed by atoms with Gasteiger partial charge < -0.3 is 14.5 Å².